The van der Waals surface area contributed by atoms with Gasteiger partial charge < -0.3 is 15.3 Å². The van der Waals surface area contributed by atoms with Crippen LogP contribution in [0.25, 0.3) is 0 Å². The zero-order valence-corrected chi connectivity index (χ0v) is 13.2. The van der Waals surface area contributed by atoms with E-state index in [-0.39, 0.29) is 0 Å². The Morgan fingerprint density at radius 1 is 1.35 bits per heavy atom. The van der Waals surface area contributed by atoms with E-state index in [0.717, 1.165) is 55.0 Å². The van der Waals surface area contributed by atoms with E-state index in [0.29, 0.717) is 6.54 Å². The third kappa shape index (κ3) is 3.87. The van der Waals surface area contributed by atoms with E-state index in [1.165, 1.54) is 0 Å². The van der Waals surface area contributed by atoms with Crippen LogP contribution < -0.4 is 10.2 Å². The van der Waals surface area contributed by atoms with Crippen LogP contribution in [0.1, 0.15) is 38.2 Å². The lowest BCUT2D eigenvalue weighted by molar-refractivity contribution is 0.0559. The lowest BCUT2D eigenvalue weighted by atomic mass is 10.0. The van der Waals surface area contributed by atoms with Gasteiger partial charge in [-0.15, -0.1) is 0 Å². The molecule has 0 radical (unpaired) electrons. The van der Waals surface area contributed by atoms with Crippen LogP contribution in [0, 0.1) is 0 Å². The molecule has 20 heavy (non-hydrogen) atoms. The lowest BCUT2D eigenvalue weighted by Crippen LogP contribution is -2.39. The largest absolute Gasteiger partial charge is 0.388 e. The van der Waals surface area contributed by atoms with Gasteiger partial charge in [0.2, 0.25) is 0 Å². The Labute approximate surface area is 126 Å². The van der Waals surface area contributed by atoms with Gasteiger partial charge in [0.1, 0.15) is 0 Å². The van der Waals surface area contributed by atoms with Crippen molar-refractivity contribution in [3.8, 4) is 0 Å². The highest BCUT2D eigenvalue weighted by Gasteiger charge is 2.32. The van der Waals surface area contributed by atoms with Crippen molar-refractivity contribution in [1.29, 1.82) is 0 Å². The molecule has 0 saturated heterocycles. The minimum Gasteiger partial charge on any atom is -0.388 e. The Hall–Kier alpha value is -0.770. The van der Waals surface area contributed by atoms with Crippen LogP contribution in [0.2, 0.25) is 5.02 Å². The minimum atomic E-state index is -0.524. The Bertz CT molecular complexity index is 444. The Balaban J connectivity index is 2.02. The molecule has 1 aliphatic carbocycles. The standard InChI is InChI=1S/C16H25ClN2O/c1-3-18-11-13-6-7-14(10-15(13)17)19(2)12-16(20)8-4-5-9-16/h6-7,10,18,20H,3-5,8-9,11-12H2,1-2H3. The summed E-state index contributed by atoms with van der Waals surface area (Å²) in [6, 6.07) is 6.14. The molecular weight excluding hydrogens is 272 g/mol. The number of nitrogens with zero attached hydrogens (tertiary/aromatic N) is 1. The van der Waals surface area contributed by atoms with Crippen LogP contribution in [0.4, 0.5) is 5.69 Å². The van der Waals surface area contributed by atoms with Crippen LogP contribution in [0.5, 0.6) is 0 Å². The number of hydrogen-bond acceptors (Lipinski definition) is 3. The van der Waals surface area contributed by atoms with Crippen molar-refractivity contribution in [1.82, 2.24) is 5.32 Å². The van der Waals surface area contributed by atoms with Crippen molar-refractivity contribution >= 4 is 17.3 Å². The van der Waals surface area contributed by atoms with Gasteiger partial charge in [-0.3, -0.25) is 0 Å². The average Bonchev–Trinajstić information content (AvgIpc) is 2.83. The fraction of sp³-hybridized carbons (Fsp3) is 0.625. The number of anilines is 1. The van der Waals surface area contributed by atoms with Gasteiger partial charge in [0, 0.05) is 30.8 Å². The molecule has 1 aliphatic rings. The molecule has 2 N–H and O–H groups in total. The van der Waals surface area contributed by atoms with Gasteiger partial charge in [0.25, 0.3) is 0 Å². The summed E-state index contributed by atoms with van der Waals surface area (Å²) in [5, 5.41) is 14.5. The van der Waals surface area contributed by atoms with Gasteiger partial charge in [-0.25, -0.2) is 0 Å². The summed E-state index contributed by atoms with van der Waals surface area (Å²) in [6.07, 6.45) is 4.08. The van der Waals surface area contributed by atoms with Gasteiger partial charge >= 0.3 is 0 Å². The second kappa shape index (κ2) is 6.79. The first kappa shape index (κ1) is 15.6. The third-order valence-electron chi connectivity index (χ3n) is 4.11. The van der Waals surface area contributed by atoms with E-state index in [1.54, 1.807) is 0 Å². The molecule has 0 amide bonds. The molecule has 3 nitrogen and oxygen atoms in total. The van der Waals surface area contributed by atoms with E-state index in [4.69, 9.17) is 11.6 Å². The Kier molecular flexibility index (Phi) is 5.30. The maximum Gasteiger partial charge on any atom is 0.0821 e. The second-order valence-electron chi connectivity index (χ2n) is 5.84. The number of nitrogens with one attached hydrogen (secondary N) is 1. The van der Waals surface area contributed by atoms with Gasteiger partial charge in [-0.1, -0.05) is 37.4 Å². The van der Waals surface area contributed by atoms with Crippen molar-refractivity contribution in [3.63, 3.8) is 0 Å². The zero-order chi connectivity index (χ0) is 14.6. The van der Waals surface area contributed by atoms with Gasteiger partial charge in [-0.05, 0) is 37.1 Å². The summed E-state index contributed by atoms with van der Waals surface area (Å²) in [6.45, 7) is 4.49. The number of likely N-dealkylation sites (N-methyl/N-ethyl adjacent to an activating group) is 1. The van der Waals surface area contributed by atoms with Crippen LogP contribution in [0.3, 0.4) is 0 Å². The van der Waals surface area contributed by atoms with Crippen molar-refractivity contribution in [2.45, 2.75) is 44.8 Å². The SMILES string of the molecule is CCNCc1ccc(N(C)CC2(O)CCCC2)cc1Cl. The molecular formula is C16H25ClN2O. The molecule has 0 aliphatic heterocycles. The van der Waals surface area contributed by atoms with Crippen LogP contribution in [-0.4, -0.2) is 30.8 Å². The third-order valence-corrected chi connectivity index (χ3v) is 4.46. The number of rotatable bonds is 6. The normalized spacial score (nSPS) is 17.4. The molecule has 0 bridgehead atoms. The quantitative estimate of drug-likeness (QED) is 0.846. The molecule has 0 unspecified atom stereocenters. The molecule has 0 heterocycles. The first-order chi connectivity index (χ1) is 9.54. The van der Waals surface area contributed by atoms with Crippen LogP contribution in [0.15, 0.2) is 18.2 Å². The molecule has 1 saturated carbocycles. The van der Waals surface area contributed by atoms with Crippen molar-refractivity contribution in [2.75, 3.05) is 25.0 Å². The summed E-state index contributed by atoms with van der Waals surface area (Å²) in [7, 11) is 2.02. The Morgan fingerprint density at radius 3 is 2.65 bits per heavy atom. The average molecular weight is 297 g/mol. The summed E-state index contributed by atoms with van der Waals surface area (Å²) in [4.78, 5) is 2.11. The number of hydrogen-bond donors (Lipinski definition) is 2. The molecule has 2 rings (SSSR count). The van der Waals surface area contributed by atoms with Crippen molar-refractivity contribution in [2.24, 2.45) is 0 Å². The molecule has 1 fully saturated rings. The zero-order valence-electron chi connectivity index (χ0n) is 12.5. The molecule has 1 aromatic rings. The van der Waals surface area contributed by atoms with Gasteiger partial charge in [0.05, 0.1) is 5.60 Å². The Morgan fingerprint density at radius 2 is 2.05 bits per heavy atom. The monoisotopic (exact) mass is 296 g/mol. The van der Waals surface area contributed by atoms with Gasteiger partial charge in [0.15, 0.2) is 0 Å². The van der Waals surface area contributed by atoms with Crippen molar-refractivity contribution < 1.29 is 5.11 Å². The number of benzene rings is 1. The van der Waals surface area contributed by atoms with Gasteiger partial charge in [-0.2, -0.15) is 0 Å². The lowest BCUT2D eigenvalue weighted by Gasteiger charge is -2.30. The molecule has 0 spiro atoms. The predicted octanol–water partition coefficient (Wildman–Crippen LogP) is 3.19. The molecule has 112 valence electrons. The summed E-state index contributed by atoms with van der Waals surface area (Å²) < 4.78 is 0. The van der Waals surface area contributed by atoms with E-state index < -0.39 is 5.60 Å². The predicted molar refractivity (Wildman–Crippen MR) is 85.5 cm³/mol. The van der Waals surface area contributed by atoms with E-state index in [2.05, 4.69) is 29.3 Å². The fourth-order valence-electron chi connectivity index (χ4n) is 2.90. The molecule has 0 atom stereocenters. The highest BCUT2D eigenvalue weighted by atomic mass is 35.5. The summed E-state index contributed by atoms with van der Waals surface area (Å²) >= 11 is 6.33. The number of halogens is 1. The van der Waals surface area contributed by atoms with Crippen LogP contribution >= 0.6 is 11.6 Å². The molecule has 1 aromatic carbocycles. The summed E-state index contributed by atoms with van der Waals surface area (Å²) in [5.74, 6) is 0. The van der Waals surface area contributed by atoms with E-state index in [1.807, 2.05) is 13.1 Å². The van der Waals surface area contributed by atoms with Crippen LogP contribution in [-0.2, 0) is 6.54 Å². The second-order valence-corrected chi connectivity index (χ2v) is 6.25. The maximum atomic E-state index is 10.5. The van der Waals surface area contributed by atoms with Crippen molar-refractivity contribution in [3.05, 3.63) is 28.8 Å². The maximum absolute atomic E-state index is 10.5. The number of aliphatic hydroxyl groups is 1. The molecule has 0 aromatic heterocycles. The first-order valence-corrected chi connectivity index (χ1v) is 7.84. The topological polar surface area (TPSA) is 35.5 Å². The smallest absolute Gasteiger partial charge is 0.0821 e. The summed E-state index contributed by atoms with van der Waals surface area (Å²) in [5.41, 5.74) is 1.66. The highest BCUT2D eigenvalue weighted by Crippen LogP contribution is 2.32. The minimum absolute atomic E-state index is 0.524. The van der Waals surface area contributed by atoms with E-state index >= 15 is 0 Å². The molecule has 4 heteroatoms. The van der Waals surface area contributed by atoms with E-state index in [9.17, 15) is 5.11 Å². The fourth-order valence-corrected chi connectivity index (χ4v) is 3.14. The highest BCUT2D eigenvalue weighted by molar-refractivity contribution is 6.31. The first-order valence-electron chi connectivity index (χ1n) is 7.47.